The minimum absolute atomic E-state index is 0.0153. The van der Waals surface area contributed by atoms with E-state index in [-0.39, 0.29) is 28.6 Å². The van der Waals surface area contributed by atoms with Crippen molar-refractivity contribution in [1.29, 1.82) is 0 Å². The van der Waals surface area contributed by atoms with E-state index in [1.165, 1.54) is 16.7 Å². The van der Waals surface area contributed by atoms with Crippen molar-refractivity contribution < 1.29 is 13.0 Å². The molecule has 0 spiro atoms. The molecule has 0 atom stereocenters. The quantitative estimate of drug-likeness (QED) is 0.489. The van der Waals surface area contributed by atoms with Crippen LogP contribution >= 0.6 is 0 Å². The summed E-state index contributed by atoms with van der Waals surface area (Å²) in [7, 11) is -4.38. The molecule has 162 valence electrons. The smallest absolute Gasteiger partial charge is 0.282 e. The first-order valence-electron chi connectivity index (χ1n) is 10.8. The van der Waals surface area contributed by atoms with Crippen molar-refractivity contribution in [2.24, 2.45) is 0 Å². The lowest BCUT2D eigenvalue weighted by molar-refractivity contribution is 0.482. The molecule has 0 saturated heterocycles. The van der Waals surface area contributed by atoms with Gasteiger partial charge in [0.1, 0.15) is 4.90 Å². The van der Waals surface area contributed by atoms with Crippen LogP contribution in [0.3, 0.4) is 0 Å². The van der Waals surface area contributed by atoms with Crippen LogP contribution in [0, 0.1) is 0 Å². The van der Waals surface area contributed by atoms with Crippen molar-refractivity contribution in [3.8, 4) is 0 Å². The highest BCUT2D eigenvalue weighted by molar-refractivity contribution is 7.86. The minimum atomic E-state index is -4.38. The molecule has 3 nitrogen and oxygen atoms in total. The molecule has 4 heteroatoms. The largest absolute Gasteiger partial charge is 0.295 e. The van der Waals surface area contributed by atoms with E-state index >= 15 is 0 Å². The Labute approximate surface area is 177 Å². The molecule has 0 aliphatic heterocycles. The number of hydrogen-bond acceptors (Lipinski definition) is 2. The summed E-state index contributed by atoms with van der Waals surface area (Å²) in [5.41, 5.74) is 5.55. The van der Waals surface area contributed by atoms with E-state index in [1.807, 2.05) is 19.9 Å². The molecule has 2 aromatic carbocycles. The Bertz CT molecular complexity index is 1010. The summed E-state index contributed by atoms with van der Waals surface area (Å²) >= 11 is 0. The van der Waals surface area contributed by atoms with Crippen molar-refractivity contribution in [2.45, 2.75) is 104 Å². The van der Waals surface area contributed by atoms with Gasteiger partial charge < -0.3 is 0 Å². The molecule has 0 amide bonds. The molecule has 0 aliphatic rings. The Hall–Kier alpha value is -1.39. The number of fused-ring (bicyclic) bond motifs is 1. The van der Waals surface area contributed by atoms with Gasteiger partial charge in [-0.2, -0.15) is 8.42 Å². The summed E-state index contributed by atoms with van der Waals surface area (Å²) in [4.78, 5) is 0.104. The summed E-state index contributed by atoms with van der Waals surface area (Å²) in [5, 5.41) is 1.69. The van der Waals surface area contributed by atoms with Gasteiger partial charge in [-0.15, -0.1) is 0 Å². The van der Waals surface area contributed by atoms with Crippen LogP contribution in [-0.4, -0.2) is 13.0 Å². The zero-order valence-corrected chi connectivity index (χ0v) is 20.5. The summed E-state index contributed by atoms with van der Waals surface area (Å²) < 4.78 is 35.7. The van der Waals surface area contributed by atoms with Crippen LogP contribution in [0.5, 0.6) is 0 Å². The molecule has 0 saturated carbocycles. The first kappa shape index (κ1) is 23.9. The molecule has 0 aliphatic carbocycles. The van der Waals surface area contributed by atoms with Gasteiger partial charge in [-0.1, -0.05) is 81.4 Å². The van der Waals surface area contributed by atoms with Crippen LogP contribution in [0.1, 0.15) is 127 Å². The number of benzene rings is 2. The molecule has 2 aromatic rings. The summed E-state index contributed by atoms with van der Waals surface area (Å²) in [5.74, 6) is 0.949. The van der Waals surface area contributed by atoms with Gasteiger partial charge in [-0.3, -0.25) is 4.55 Å². The van der Waals surface area contributed by atoms with E-state index in [1.54, 1.807) is 0 Å². The Kier molecular flexibility index (Phi) is 6.91. The minimum Gasteiger partial charge on any atom is -0.282 e. The second-order valence-corrected chi connectivity index (χ2v) is 11.2. The lowest BCUT2D eigenvalue weighted by Crippen LogP contribution is -2.15. The summed E-state index contributed by atoms with van der Waals surface area (Å²) in [6.07, 6.45) is 0. The normalized spacial score (nSPS) is 13.1. The molecule has 0 aromatic heterocycles. The monoisotopic (exact) mass is 418 g/mol. The van der Waals surface area contributed by atoms with Gasteiger partial charge in [-0.05, 0) is 62.8 Å². The molecular formula is C25H38O3S. The van der Waals surface area contributed by atoms with E-state index in [9.17, 15) is 13.0 Å². The van der Waals surface area contributed by atoms with Crippen molar-refractivity contribution in [1.82, 2.24) is 0 Å². The fourth-order valence-electron chi connectivity index (χ4n) is 4.86. The summed E-state index contributed by atoms with van der Waals surface area (Å²) in [6.45, 7) is 21.3. The van der Waals surface area contributed by atoms with Crippen molar-refractivity contribution in [3.63, 3.8) is 0 Å². The maximum Gasteiger partial charge on any atom is 0.295 e. The lowest BCUT2D eigenvalue weighted by atomic mass is 9.76. The van der Waals surface area contributed by atoms with Crippen molar-refractivity contribution in [2.75, 3.05) is 0 Å². The lowest BCUT2D eigenvalue weighted by Gasteiger charge is -2.30. The second kappa shape index (κ2) is 8.39. The SMILES string of the molecule is CC(C)c1ccc2c(S(=O)(=O)O)c(C(C)C)c(C(C)C)c(C(C)C)c2c1C(C)C. The number of hydrogen-bond donors (Lipinski definition) is 1. The van der Waals surface area contributed by atoms with Crippen molar-refractivity contribution in [3.05, 3.63) is 39.9 Å². The topological polar surface area (TPSA) is 54.4 Å². The van der Waals surface area contributed by atoms with E-state index in [4.69, 9.17) is 0 Å². The Morgan fingerprint density at radius 1 is 0.621 bits per heavy atom. The van der Waals surface area contributed by atoms with E-state index in [0.29, 0.717) is 11.3 Å². The molecular weight excluding hydrogens is 380 g/mol. The van der Waals surface area contributed by atoms with Gasteiger partial charge in [0.15, 0.2) is 0 Å². The van der Waals surface area contributed by atoms with Crippen LogP contribution in [0.15, 0.2) is 17.0 Å². The standard InChI is InChI=1S/C25H38O3S/c1-13(2)18-11-12-19-24(20(18)14(3)4)22(16(7)8)21(15(5)6)23(17(9)10)25(19)29(26,27)28/h11-17H,1-10H3,(H,26,27,28). The van der Waals surface area contributed by atoms with E-state index in [2.05, 4.69) is 61.5 Å². The highest BCUT2D eigenvalue weighted by atomic mass is 32.2. The van der Waals surface area contributed by atoms with Crippen LogP contribution in [-0.2, 0) is 10.1 Å². The predicted molar refractivity (Wildman–Crippen MR) is 124 cm³/mol. The van der Waals surface area contributed by atoms with Crippen LogP contribution in [0.4, 0.5) is 0 Å². The number of rotatable bonds is 6. The molecule has 0 radical (unpaired) electrons. The molecule has 1 N–H and O–H groups in total. The highest BCUT2D eigenvalue weighted by Crippen LogP contribution is 2.47. The zero-order valence-electron chi connectivity index (χ0n) is 19.7. The van der Waals surface area contributed by atoms with E-state index < -0.39 is 10.1 Å². The average Bonchev–Trinajstić information content (AvgIpc) is 2.56. The third-order valence-corrected chi connectivity index (χ3v) is 6.76. The molecule has 0 bridgehead atoms. The molecule has 0 heterocycles. The van der Waals surface area contributed by atoms with Crippen LogP contribution in [0.25, 0.3) is 10.8 Å². The molecule has 2 rings (SSSR count). The van der Waals surface area contributed by atoms with Crippen molar-refractivity contribution >= 4 is 20.9 Å². The van der Waals surface area contributed by atoms with Gasteiger partial charge in [0.25, 0.3) is 10.1 Å². The van der Waals surface area contributed by atoms with Gasteiger partial charge in [-0.25, -0.2) is 0 Å². The highest BCUT2D eigenvalue weighted by Gasteiger charge is 2.31. The Morgan fingerprint density at radius 3 is 1.41 bits per heavy atom. The van der Waals surface area contributed by atoms with Gasteiger partial charge in [0.05, 0.1) is 0 Å². The van der Waals surface area contributed by atoms with Gasteiger partial charge >= 0.3 is 0 Å². The molecule has 0 unspecified atom stereocenters. The molecule has 0 fully saturated rings. The maximum atomic E-state index is 12.7. The van der Waals surface area contributed by atoms with E-state index in [0.717, 1.165) is 16.5 Å². The van der Waals surface area contributed by atoms with Crippen LogP contribution in [0.2, 0.25) is 0 Å². The average molecular weight is 419 g/mol. The third kappa shape index (κ3) is 4.25. The maximum absolute atomic E-state index is 12.7. The Morgan fingerprint density at radius 2 is 1.07 bits per heavy atom. The summed E-state index contributed by atoms with van der Waals surface area (Å²) in [6, 6.07) is 3.97. The third-order valence-electron chi connectivity index (χ3n) is 5.81. The predicted octanol–water partition coefficient (Wildman–Crippen LogP) is 7.70. The fraction of sp³-hybridized carbons (Fsp3) is 0.600. The second-order valence-electron chi connectivity index (χ2n) is 9.81. The Balaban J connectivity index is 3.42. The van der Waals surface area contributed by atoms with Crippen LogP contribution < -0.4 is 0 Å². The van der Waals surface area contributed by atoms with Gasteiger partial charge in [0.2, 0.25) is 0 Å². The first-order valence-corrected chi connectivity index (χ1v) is 12.3. The van der Waals surface area contributed by atoms with Gasteiger partial charge in [0, 0.05) is 5.39 Å². The molecule has 29 heavy (non-hydrogen) atoms. The zero-order chi connectivity index (χ0) is 22.4. The fourth-order valence-corrected chi connectivity index (χ4v) is 5.93. The first-order chi connectivity index (χ1) is 13.2.